The summed E-state index contributed by atoms with van der Waals surface area (Å²) in [6.45, 7) is 0. The SMILES string of the molecule is O=C(NC1(C(=O)O)CCSCC1)c1cc(-c2ccc(Cl)cc2)n[nH]1. The van der Waals surface area contributed by atoms with Crippen molar-refractivity contribution in [3.05, 3.63) is 41.0 Å². The average Bonchev–Trinajstić information content (AvgIpc) is 3.06. The van der Waals surface area contributed by atoms with Crippen molar-refractivity contribution in [2.75, 3.05) is 11.5 Å². The Labute approximate surface area is 148 Å². The van der Waals surface area contributed by atoms with E-state index in [0.29, 0.717) is 35.1 Å². The predicted octanol–water partition coefficient (Wildman–Crippen LogP) is 2.81. The number of hydrogen-bond acceptors (Lipinski definition) is 4. The van der Waals surface area contributed by atoms with Gasteiger partial charge < -0.3 is 10.4 Å². The van der Waals surface area contributed by atoms with E-state index < -0.39 is 17.4 Å². The minimum absolute atomic E-state index is 0.235. The number of amides is 1. The van der Waals surface area contributed by atoms with Crippen LogP contribution in [0.15, 0.2) is 30.3 Å². The highest BCUT2D eigenvalue weighted by Crippen LogP contribution is 2.28. The van der Waals surface area contributed by atoms with Gasteiger partial charge >= 0.3 is 5.97 Å². The lowest BCUT2D eigenvalue weighted by atomic mass is 9.92. The van der Waals surface area contributed by atoms with Crippen LogP contribution in [0.4, 0.5) is 0 Å². The number of hydrogen-bond donors (Lipinski definition) is 3. The Kier molecular flexibility index (Phi) is 4.82. The van der Waals surface area contributed by atoms with Crippen LogP contribution in [0.2, 0.25) is 5.02 Å². The van der Waals surface area contributed by atoms with Gasteiger partial charge in [0.15, 0.2) is 0 Å². The molecule has 0 saturated carbocycles. The maximum atomic E-state index is 12.4. The molecule has 1 aromatic heterocycles. The molecule has 0 aliphatic carbocycles. The van der Waals surface area contributed by atoms with Crippen molar-refractivity contribution in [2.45, 2.75) is 18.4 Å². The van der Waals surface area contributed by atoms with Crippen LogP contribution in [0.1, 0.15) is 23.3 Å². The molecule has 0 radical (unpaired) electrons. The van der Waals surface area contributed by atoms with E-state index in [0.717, 1.165) is 5.56 Å². The Morgan fingerprint density at radius 2 is 1.92 bits per heavy atom. The molecule has 1 amide bonds. The van der Waals surface area contributed by atoms with Gasteiger partial charge in [0, 0.05) is 10.6 Å². The molecule has 0 atom stereocenters. The quantitative estimate of drug-likeness (QED) is 0.774. The fraction of sp³-hybridized carbons (Fsp3) is 0.312. The molecule has 0 unspecified atom stereocenters. The molecule has 1 fully saturated rings. The van der Waals surface area contributed by atoms with Crippen molar-refractivity contribution in [2.24, 2.45) is 0 Å². The fourth-order valence-electron chi connectivity index (χ4n) is 2.60. The zero-order chi connectivity index (χ0) is 17.2. The van der Waals surface area contributed by atoms with Crippen molar-refractivity contribution in [1.29, 1.82) is 0 Å². The van der Waals surface area contributed by atoms with Crippen molar-refractivity contribution >= 4 is 35.2 Å². The van der Waals surface area contributed by atoms with Crippen LogP contribution in [-0.4, -0.2) is 44.2 Å². The van der Waals surface area contributed by atoms with Gasteiger partial charge in [0.2, 0.25) is 0 Å². The monoisotopic (exact) mass is 365 g/mol. The standard InChI is InChI=1S/C16H16ClN3O3S/c17-11-3-1-10(2-4-11)12-9-13(20-19-12)14(21)18-16(15(22)23)5-7-24-8-6-16/h1-4,9H,5-8H2,(H,18,21)(H,19,20)(H,22,23). The minimum Gasteiger partial charge on any atom is -0.480 e. The summed E-state index contributed by atoms with van der Waals surface area (Å²) in [5.74, 6) is -0.0254. The summed E-state index contributed by atoms with van der Waals surface area (Å²) in [6.07, 6.45) is 0.827. The van der Waals surface area contributed by atoms with E-state index in [4.69, 9.17) is 11.6 Å². The molecule has 1 saturated heterocycles. The lowest BCUT2D eigenvalue weighted by molar-refractivity contribution is -0.144. The van der Waals surface area contributed by atoms with Crippen molar-refractivity contribution in [1.82, 2.24) is 15.5 Å². The first kappa shape index (κ1) is 16.9. The summed E-state index contributed by atoms with van der Waals surface area (Å²) in [5.41, 5.74) is 0.448. The lowest BCUT2D eigenvalue weighted by Gasteiger charge is -2.33. The van der Waals surface area contributed by atoms with Crippen LogP contribution in [0.5, 0.6) is 0 Å². The summed E-state index contributed by atoms with van der Waals surface area (Å²) in [5, 5.41) is 19.6. The number of nitrogens with zero attached hydrogens (tertiary/aromatic N) is 1. The van der Waals surface area contributed by atoms with E-state index >= 15 is 0 Å². The first-order valence-corrected chi connectivity index (χ1v) is 8.98. The Bertz CT molecular complexity index is 754. The molecule has 24 heavy (non-hydrogen) atoms. The van der Waals surface area contributed by atoms with Gasteiger partial charge in [0.1, 0.15) is 11.2 Å². The number of benzene rings is 1. The van der Waals surface area contributed by atoms with E-state index in [-0.39, 0.29) is 5.69 Å². The molecule has 2 aromatic rings. The maximum absolute atomic E-state index is 12.4. The van der Waals surface area contributed by atoms with Crippen molar-refractivity contribution < 1.29 is 14.7 Å². The number of aromatic nitrogens is 2. The molecule has 3 N–H and O–H groups in total. The molecule has 1 aliphatic rings. The van der Waals surface area contributed by atoms with E-state index in [1.165, 1.54) is 0 Å². The third kappa shape index (κ3) is 3.42. The molecule has 1 aliphatic heterocycles. The molecular weight excluding hydrogens is 350 g/mol. The van der Waals surface area contributed by atoms with Crippen molar-refractivity contribution in [3.8, 4) is 11.3 Å². The molecule has 126 valence electrons. The number of carboxylic acids is 1. The van der Waals surface area contributed by atoms with Crippen LogP contribution >= 0.6 is 23.4 Å². The molecule has 0 spiro atoms. The number of carbonyl (C=O) groups is 2. The average molecular weight is 366 g/mol. The van der Waals surface area contributed by atoms with Crippen molar-refractivity contribution in [3.63, 3.8) is 0 Å². The predicted molar refractivity (Wildman–Crippen MR) is 93.4 cm³/mol. The molecule has 8 heteroatoms. The molecule has 1 aromatic carbocycles. The summed E-state index contributed by atoms with van der Waals surface area (Å²) < 4.78 is 0. The second-order valence-electron chi connectivity index (χ2n) is 5.63. The summed E-state index contributed by atoms with van der Waals surface area (Å²) in [4.78, 5) is 24.1. The van der Waals surface area contributed by atoms with Crippen LogP contribution in [0.3, 0.4) is 0 Å². The normalized spacial score (nSPS) is 16.5. The van der Waals surface area contributed by atoms with Gasteiger partial charge in [-0.1, -0.05) is 23.7 Å². The Hall–Kier alpha value is -1.99. The molecule has 6 nitrogen and oxygen atoms in total. The summed E-state index contributed by atoms with van der Waals surface area (Å²) >= 11 is 7.55. The van der Waals surface area contributed by atoms with E-state index in [1.54, 1.807) is 42.1 Å². The molecule has 3 rings (SSSR count). The van der Waals surface area contributed by atoms with Crippen LogP contribution in [0, 0.1) is 0 Å². The number of aromatic amines is 1. The summed E-state index contributed by atoms with van der Waals surface area (Å²) in [6, 6.07) is 8.69. The molecular formula is C16H16ClN3O3S. The van der Waals surface area contributed by atoms with E-state index in [1.807, 2.05) is 0 Å². The first-order chi connectivity index (χ1) is 11.5. The van der Waals surface area contributed by atoms with Gasteiger partial charge in [-0.15, -0.1) is 0 Å². The Morgan fingerprint density at radius 1 is 1.25 bits per heavy atom. The third-order valence-electron chi connectivity index (χ3n) is 4.07. The minimum atomic E-state index is -1.20. The Balaban J connectivity index is 1.78. The summed E-state index contributed by atoms with van der Waals surface area (Å²) in [7, 11) is 0. The largest absolute Gasteiger partial charge is 0.480 e. The van der Waals surface area contributed by atoms with E-state index in [9.17, 15) is 14.7 Å². The number of rotatable bonds is 4. The van der Waals surface area contributed by atoms with Gasteiger partial charge in [-0.25, -0.2) is 4.79 Å². The second kappa shape index (κ2) is 6.86. The number of halogens is 1. The van der Waals surface area contributed by atoms with Gasteiger partial charge in [0.25, 0.3) is 5.91 Å². The molecule has 2 heterocycles. The lowest BCUT2D eigenvalue weighted by Crippen LogP contribution is -2.56. The number of nitrogens with one attached hydrogen (secondary N) is 2. The number of carbonyl (C=O) groups excluding carboxylic acids is 1. The Morgan fingerprint density at radius 3 is 2.54 bits per heavy atom. The second-order valence-corrected chi connectivity index (χ2v) is 7.29. The highest BCUT2D eigenvalue weighted by Gasteiger charge is 2.41. The number of carboxylic acid groups (broad SMARTS) is 1. The van der Waals surface area contributed by atoms with Gasteiger partial charge in [-0.2, -0.15) is 16.9 Å². The number of thioether (sulfide) groups is 1. The van der Waals surface area contributed by atoms with Crippen LogP contribution in [-0.2, 0) is 4.79 Å². The topological polar surface area (TPSA) is 95.1 Å². The van der Waals surface area contributed by atoms with Crippen LogP contribution < -0.4 is 5.32 Å². The first-order valence-electron chi connectivity index (χ1n) is 7.45. The van der Waals surface area contributed by atoms with Gasteiger partial charge in [-0.05, 0) is 42.5 Å². The highest BCUT2D eigenvalue weighted by atomic mass is 35.5. The zero-order valence-electron chi connectivity index (χ0n) is 12.7. The third-order valence-corrected chi connectivity index (χ3v) is 5.31. The molecule has 0 bridgehead atoms. The number of H-pyrrole nitrogens is 1. The maximum Gasteiger partial charge on any atom is 0.329 e. The zero-order valence-corrected chi connectivity index (χ0v) is 14.3. The van der Waals surface area contributed by atoms with Gasteiger partial charge in [-0.3, -0.25) is 9.89 Å². The van der Waals surface area contributed by atoms with E-state index in [2.05, 4.69) is 15.5 Å². The van der Waals surface area contributed by atoms with Crippen LogP contribution in [0.25, 0.3) is 11.3 Å². The highest BCUT2D eigenvalue weighted by molar-refractivity contribution is 7.99. The fourth-order valence-corrected chi connectivity index (χ4v) is 3.92. The number of aliphatic carboxylic acids is 1. The van der Waals surface area contributed by atoms with Gasteiger partial charge in [0.05, 0.1) is 5.69 Å². The smallest absolute Gasteiger partial charge is 0.329 e.